The first-order valence-corrected chi connectivity index (χ1v) is 13.9. The second kappa shape index (κ2) is 9.97. The summed E-state index contributed by atoms with van der Waals surface area (Å²) < 4.78 is 28.2. The van der Waals surface area contributed by atoms with E-state index in [9.17, 15) is 13.2 Å². The Balaban J connectivity index is 1.27. The van der Waals surface area contributed by atoms with Crippen molar-refractivity contribution in [3.05, 3.63) is 64.1 Å². The van der Waals surface area contributed by atoms with Gasteiger partial charge < -0.3 is 9.80 Å². The number of carbonyl (C=O) groups excluding carboxylic acids is 1. The molecule has 1 amide bonds. The van der Waals surface area contributed by atoms with Gasteiger partial charge in [0.2, 0.25) is 15.9 Å². The van der Waals surface area contributed by atoms with Crippen LogP contribution in [-0.2, 0) is 21.2 Å². The summed E-state index contributed by atoms with van der Waals surface area (Å²) in [5, 5.41) is 9.70. The number of piperazine rings is 1. The highest BCUT2D eigenvalue weighted by molar-refractivity contribution is 7.89. The van der Waals surface area contributed by atoms with Gasteiger partial charge in [0.05, 0.1) is 15.6 Å². The number of aryl methyl sites for hydroxylation is 1. The molecule has 188 valence electrons. The fraction of sp³-hybridized carbons (Fsp3) is 0.320. The normalized spacial score (nSPS) is 16.6. The van der Waals surface area contributed by atoms with Crippen LogP contribution in [0.1, 0.15) is 18.9 Å². The highest BCUT2D eigenvalue weighted by atomic mass is 35.5. The van der Waals surface area contributed by atoms with Gasteiger partial charge in [-0.25, -0.2) is 8.42 Å². The van der Waals surface area contributed by atoms with Gasteiger partial charge in [0.1, 0.15) is 0 Å². The van der Waals surface area contributed by atoms with Crippen LogP contribution in [0.15, 0.2) is 53.4 Å². The first-order chi connectivity index (χ1) is 17.2. The highest BCUT2D eigenvalue weighted by Gasteiger charge is 2.30. The second-order valence-corrected chi connectivity index (χ2v) is 11.6. The predicted molar refractivity (Wildman–Crippen MR) is 141 cm³/mol. The Morgan fingerprint density at radius 2 is 1.69 bits per heavy atom. The van der Waals surface area contributed by atoms with Crippen LogP contribution in [0.2, 0.25) is 10.0 Å². The lowest BCUT2D eigenvalue weighted by Gasteiger charge is -2.35. The summed E-state index contributed by atoms with van der Waals surface area (Å²) in [6.45, 7) is 3.86. The van der Waals surface area contributed by atoms with Gasteiger partial charge in [-0.1, -0.05) is 23.2 Å². The van der Waals surface area contributed by atoms with Gasteiger partial charge in [0.15, 0.2) is 5.82 Å². The maximum atomic E-state index is 13.4. The van der Waals surface area contributed by atoms with E-state index >= 15 is 0 Å². The van der Waals surface area contributed by atoms with E-state index in [-0.39, 0.29) is 10.8 Å². The van der Waals surface area contributed by atoms with Crippen molar-refractivity contribution in [2.75, 3.05) is 42.5 Å². The summed E-state index contributed by atoms with van der Waals surface area (Å²) in [5.74, 6) is 0.647. The highest BCUT2D eigenvalue weighted by Crippen LogP contribution is 2.32. The predicted octanol–water partition coefficient (Wildman–Crippen LogP) is 4.26. The third kappa shape index (κ3) is 4.80. The lowest BCUT2D eigenvalue weighted by Crippen LogP contribution is -2.49. The van der Waals surface area contributed by atoms with Crippen LogP contribution < -0.4 is 9.80 Å². The van der Waals surface area contributed by atoms with Crippen molar-refractivity contribution in [3.63, 3.8) is 0 Å². The number of fused-ring (bicyclic) bond motifs is 1. The molecule has 0 aliphatic carbocycles. The zero-order valence-electron chi connectivity index (χ0n) is 19.7. The number of sulfonamides is 1. The number of aromatic nitrogens is 2. The van der Waals surface area contributed by atoms with Gasteiger partial charge in [-0.3, -0.25) is 4.79 Å². The molecule has 1 fully saturated rings. The van der Waals surface area contributed by atoms with Crippen molar-refractivity contribution in [3.8, 4) is 11.3 Å². The second-order valence-electron chi connectivity index (χ2n) is 8.86. The van der Waals surface area contributed by atoms with Gasteiger partial charge >= 0.3 is 0 Å². The van der Waals surface area contributed by atoms with E-state index in [0.717, 1.165) is 29.7 Å². The molecule has 1 saturated heterocycles. The summed E-state index contributed by atoms with van der Waals surface area (Å²) >= 11 is 12.3. The van der Waals surface area contributed by atoms with Crippen LogP contribution in [0.3, 0.4) is 0 Å². The molecular weight excluding hydrogens is 521 g/mol. The minimum Gasteiger partial charge on any atom is -0.352 e. The van der Waals surface area contributed by atoms with Crippen molar-refractivity contribution in [1.29, 1.82) is 0 Å². The molecule has 8 nitrogen and oxygen atoms in total. The Morgan fingerprint density at radius 1 is 0.917 bits per heavy atom. The summed E-state index contributed by atoms with van der Waals surface area (Å²) in [5.41, 5.74) is 3.08. The van der Waals surface area contributed by atoms with Crippen molar-refractivity contribution < 1.29 is 13.2 Å². The Labute approximate surface area is 220 Å². The zero-order chi connectivity index (χ0) is 25.4. The number of halogens is 2. The topological polar surface area (TPSA) is 86.7 Å². The fourth-order valence-corrected chi connectivity index (χ4v) is 6.68. The number of anilines is 2. The van der Waals surface area contributed by atoms with Crippen LogP contribution in [-0.4, -0.2) is 61.6 Å². The molecule has 1 aromatic heterocycles. The molecule has 0 saturated carbocycles. The number of carbonyl (C=O) groups is 1. The van der Waals surface area contributed by atoms with E-state index in [2.05, 4.69) is 10.2 Å². The Hall–Kier alpha value is -2.72. The Bertz CT molecular complexity index is 1410. The third-order valence-electron chi connectivity index (χ3n) is 6.61. The van der Waals surface area contributed by atoms with Crippen LogP contribution >= 0.6 is 23.2 Å². The van der Waals surface area contributed by atoms with Crippen molar-refractivity contribution in [2.24, 2.45) is 0 Å². The Kier molecular flexibility index (Phi) is 6.91. The minimum absolute atomic E-state index is 0.0323. The summed E-state index contributed by atoms with van der Waals surface area (Å²) in [6, 6.07) is 14.0. The average Bonchev–Trinajstić information content (AvgIpc) is 2.88. The number of hydrogen-bond donors (Lipinski definition) is 0. The van der Waals surface area contributed by atoms with E-state index in [0.29, 0.717) is 54.3 Å². The van der Waals surface area contributed by atoms with Crippen LogP contribution in [0.25, 0.3) is 11.3 Å². The fourth-order valence-electron chi connectivity index (χ4n) is 4.70. The smallest absolute Gasteiger partial charge is 0.243 e. The molecule has 0 spiro atoms. The molecule has 2 aliphatic heterocycles. The number of amides is 1. The molecule has 2 aromatic carbocycles. The van der Waals surface area contributed by atoms with E-state index in [1.165, 1.54) is 11.2 Å². The van der Waals surface area contributed by atoms with Crippen LogP contribution in [0.4, 0.5) is 11.5 Å². The number of benzene rings is 2. The van der Waals surface area contributed by atoms with E-state index < -0.39 is 10.0 Å². The first kappa shape index (κ1) is 25.0. The van der Waals surface area contributed by atoms with Gasteiger partial charge in [0.25, 0.3) is 0 Å². The number of rotatable bonds is 4. The summed E-state index contributed by atoms with van der Waals surface area (Å²) in [7, 11) is -3.65. The number of nitrogens with zero attached hydrogens (tertiary/aromatic N) is 5. The molecule has 0 radical (unpaired) electrons. The van der Waals surface area contributed by atoms with Gasteiger partial charge in [-0.2, -0.15) is 4.31 Å². The minimum atomic E-state index is -3.65. The quantitative estimate of drug-likeness (QED) is 0.486. The molecular formula is C25H25Cl2N5O3S. The van der Waals surface area contributed by atoms with Crippen LogP contribution in [0, 0.1) is 0 Å². The molecule has 3 aromatic rings. The van der Waals surface area contributed by atoms with E-state index in [1.807, 2.05) is 17.0 Å². The molecule has 36 heavy (non-hydrogen) atoms. The molecule has 5 rings (SSSR count). The molecule has 0 bridgehead atoms. The summed E-state index contributed by atoms with van der Waals surface area (Å²) in [4.78, 5) is 15.9. The summed E-state index contributed by atoms with van der Waals surface area (Å²) in [6.07, 6.45) is 1.57. The van der Waals surface area contributed by atoms with Gasteiger partial charge in [-0.05, 0) is 66.9 Å². The SMILES string of the molecule is CC(=O)N1CCCc2cc(S(=O)(=O)N3CCN(c4ccc(-c5ccc(Cl)cc5Cl)nn4)CC3)ccc21. The van der Waals surface area contributed by atoms with Crippen molar-refractivity contribution in [2.45, 2.75) is 24.7 Å². The first-order valence-electron chi connectivity index (χ1n) is 11.7. The maximum absolute atomic E-state index is 13.4. The van der Waals surface area contributed by atoms with E-state index in [1.54, 1.807) is 41.3 Å². The van der Waals surface area contributed by atoms with Gasteiger partial charge in [0, 0.05) is 55.9 Å². The van der Waals surface area contributed by atoms with Crippen molar-refractivity contribution >= 4 is 50.6 Å². The van der Waals surface area contributed by atoms with Gasteiger partial charge in [-0.15, -0.1) is 10.2 Å². The largest absolute Gasteiger partial charge is 0.352 e. The lowest BCUT2D eigenvalue weighted by atomic mass is 10.0. The third-order valence-corrected chi connectivity index (χ3v) is 9.05. The zero-order valence-corrected chi connectivity index (χ0v) is 22.0. The van der Waals surface area contributed by atoms with Crippen LogP contribution in [0.5, 0.6) is 0 Å². The average molecular weight is 546 g/mol. The number of hydrogen-bond acceptors (Lipinski definition) is 6. The standard InChI is InChI=1S/C25H25Cl2N5O3S/c1-17(33)32-10-2-3-18-15-20(5-8-24(18)32)36(34,35)31-13-11-30(12-14-31)25-9-7-23(28-29-25)21-6-4-19(26)16-22(21)27/h4-9,15-16H,2-3,10-14H2,1H3. The molecule has 0 unspecified atom stereocenters. The molecule has 0 N–H and O–H groups in total. The maximum Gasteiger partial charge on any atom is 0.243 e. The van der Waals surface area contributed by atoms with Crippen molar-refractivity contribution in [1.82, 2.24) is 14.5 Å². The molecule has 11 heteroatoms. The molecule has 0 atom stereocenters. The molecule has 3 heterocycles. The van der Waals surface area contributed by atoms with E-state index in [4.69, 9.17) is 23.2 Å². The Morgan fingerprint density at radius 3 is 2.36 bits per heavy atom. The lowest BCUT2D eigenvalue weighted by molar-refractivity contribution is -0.116. The molecule has 2 aliphatic rings. The monoisotopic (exact) mass is 545 g/mol.